The van der Waals surface area contributed by atoms with Gasteiger partial charge in [0.2, 0.25) is 0 Å². The van der Waals surface area contributed by atoms with Gasteiger partial charge in [-0.05, 0) is 229 Å². The van der Waals surface area contributed by atoms with E-state index in [9.17, 15) is 4.39 Å². The summed E-state index contributed by atoms with van der Waals surface area (Å²) < 4.78 is 35.0. The van der Waals surface area contributed by atoms with Crippen LogP contribution in [-0.2, 0) is 37.3 Å². The largest absolute Gasteiger partial charge is 0.494 e. The third kappa shape index (κ3) is 28.7. The van der Waals surface area contributed by atoms with Crippen LogP contribution in [0.25, 0.3) is 44.9 Å². The summed E-state index contributed by atoms with van der Waals surface area (Å²) in [5.74, 6) is 2.76. The Morgan fingerprint density at radius 2 is 1.08 bits per heavy atom. The van der Waals surface area contributed by atoms with E-state index >= 15 is 0 Å². The van der Waals surface area contributed by atoms with Crippen LogP contribution >= 0.6 is 23.2 Å². The molecule has 0 saturated carbocycles. The standard InChI is InChI=1S/C18H27N3.C17H24ClN3O.C17H25N3O2.C16H23N3O.C15H19ClFN3/c1-5-10-21(4)13-18-17(12-19-20-18)16-8-6-15(7-9-16)11-14(2)3;1-5-8-21(4)11-14-10-19-20-17(14)13-6-7-16(15(18)9-13)22-12(2)3;1-20(10-8-18)13-15-7-9-19-17(15)14-3-5-16(6-4-14)22-12-11-21-2;1-4-10-19(3)12-14-11-17-18-16(14)13-6-8-15(9-7-13)20-5-2;1-4-7-20(3)9-12-10(2)18-19-15(12)11-5-6-14(17)13(16)8-11/h6-9,12,14H,5,10-11,13H2,1-4H3,(H,19,20);6-7,9-10,12H,5,8,11H2,1-4H3,(H,19,20);3-7H,8-13,18H2,1-2H3;6-9,11H,4-5,10,12H2,1-3H3,(H,17,18);5-6,8H,4,7,9H2,1-3H3,(H,18,19). The highest BCUT2D eigenvalue weighted by molar-refractivity contribution is 6.32. The molecular weight excluding hydrogens is 1360 g/mol. The summed E-state index contributed by atoms with van der Waals surface area (Å²) in [7, 11) is 12.2. The lowest BCUT2D eigenvalue weighted by Gasteiger charge is -2.17. The van der Waals surface area contributed by atoms with Crippen molar-refractivity contribution < 1.29 is 23.3 Å². The summed E-state index contributed by atoms with van der Waals surface area (Å²) in [6, 6.07) is 35.7. The van der Waals surface area contributed by atoms with E-state index in [2.05, 4.69) is 202 Å². The minimum atomic E-state index is -0.410. The van der Waals surface area contributed by atoms with Crippen molar-refractivity contribution in [2.75, 3.05) is 115 Å². The maximum absolute atomic E-state index is 13.3. The molecule has 1 aliphatic rings. The van der Waals surface area contributed by atoms with Crippen LogP contribution in [-0.4, -0.2) is 192 Å². The normalized spacial score (nSPS) is 11.9. The smallest absolute Gasteiger partial charge is 0.141 e. The van der Waals surface area contributed by atoms with Gasteiger partial charge in [-0.25, -0.2) is 4.39 Å². The number of hydrogen-bond donors (Lipinski definition) is 5. The van der Waals surface area contributed by atoms with Crippen molar-refractivity contribution in [3.05, 3.63) is 195 Å². The molecule has 0 spiro atoms. The Kier molecular flexibility index (Phi) is 37.8. The van der Waals surface area contributed by atoms with Crippen molar-refractivity contribution in [2.24, 2.45) is 16.6 Å². The molecule has 9 aromatic rings. The summed E-state index contributed by atoms with van der Waals surface area (Å²) in [4.78, 5) is 16.0. The molecule has 0 aliphatic carbocycles. The molecular formula is C83H118Cl2FN15O4. The van der Waals surface area contributed by atoms with E-state index in [1.54, 1.807) is 19.2 Å². The lowest BCUT2D eigenvalue weighted by molar-refractivity contribution is 0.146. The summed E-state index contributed by atoms with van der Waals surface area (Å²) in [6.45, 7) is 34.0. The lowest BCUT2D eigenvalue weighted by Crippen LogP contribution is -2.28. The summed E-state index contributed by atoms with van der Waals surface area (Å²) in [5.41, 5.74) is 24.6. The first-order valence-electron chi connectivity index (χ1n) is 37.1. The molecule has 19 nitrogen and oxygen atoms in total. The Labute approximate surface area is 635 Å². The molecule has 4 aromatic heterocycles. The number of H-pyrrole nitrogens is 4. The fourth-order valence-electron chi connectivity index (χ4n) is 12.1. The Morgan fingerprint density at radius 3 is 1.63 bits per heavy atom. The van der Waals surface area contributed by atoms with E-state index in [0.717, 1.165) is 165 Å². The zero-order valence-electron chi connectivity index (χ0n) is 65.3. The van der Waals surface area contributed by atoms with Gasteiger partial charge in [-0.1, -0.05) is 95.1 Å². The molecule has 570 valence electrons. The molecule has 0 saturated heterocycles. The number of nitrogens with zero attached hydrogens (tertiary/aromatic N) is 10. The number of aromatic amines is 4. The van der Waals surface area contributed by atoms with Gasteiger partial charge in [0.1, 0.15) is 29.7 Å². The van der Waals surface area contributed by atoms with E-state index < -0.39 is 5.82 Å². The number of likely N-dealkylation sites (N-methyl/N-ethyl adjacent to an activating group) is 1. The number of hydrogen-bond acceptors (Lipinski definition) is 15. The average Bonchev–Trinajstić information content (AvgIpc) is 1.73. The second-order valence-corrected chi connectivity index (χ2v) is 28.2. The second-order valence-electron chi connectivity index (χ2n) is 27.4. The van der Waals surface area contributed by atoms with Crippen molar-refractivity contribution in [1.29, 1.82) is 0 Å². The number of methoxy groups -OCH3 is 1. The topological polar surface area (TPSA) is 206 Å². The number of nitrogens with one attached hydrogen (secondary N) is 4. The van der Waals surface area contributed by atoms with Crippen molar-refractivity contribution in [2.45, 2.75) is 134 Å². The number of aliphatic imine (C=N–C) groups is 1. The SMILES string of the molecule is CCCN(C)Cc1[nH]ncc1-c1ccc(CC(C)C)cc1.CCCN(C)Cc1c(-c2ccc(F)c(Cl)c2)n[nH]c1C.CCCN(C)Cc1cn[nH]c1-c1ccc(OC(C)C)c(Cl)c1.CCCN(C)Cc1cn[nH]c1-c1ccc(OCC)cc1.COCCOc1ccc(C2=NCC=C2CN(C)CCN)cc1. The van der Waals surface area contributed by atoms with E-state index in [1.165, 1.54) is 51.6 Å². The monoisotopic (exact) mass is 1480 g/mol. The predicted molar refractivity (Wildman–Crippen MR) is 433 cm³/mol. The zero-order chi connectivity index (χ0) is 76.2. The Morgan fingerprint density at radius 1 is 0.552 bits per heavy atom. The fraction of sp³-hybridized carbons (Fsp3) is 0.458. The van der Waals surface area contributed by atoms with E-state index in [1.807, 2.05) is 88.8 Å². The number of rotatable bonds is 35. The first-order chi connectivity index (χ1) is 50.6. The van der Waals surface area contributed by atoms with Crippen LogP contribution in [0.1, 0.15) is 127 Å². The molecule has 5 heterocycles. The first kappa shape index (κ1) is 85.9. The molecule has 0 atom stereocenters. The van der Waals surface area contributed by atoms with Crippen LogP contribution in [0.3, 0.4) is 0 Å². The highest BCUT2D eigenvalue weighted by Crippen LogP contribution is 2.33. The minimum Gasteiger partial charge on any atom is -0.494 e. The maximum atomic E-state index is 13.3. The third-order valence-electron chi connectivity index (χ3n) is 17.1. The quantitative estimate of drug-likeness (QED) is 0.0234. The van der Waals surface area contributed by atoms with Crippen molar-refractivity contribution in [3.8, 4) is 62.1 Å². The fourth-order valence-corrected chi connectivity index (χ4v) is 12.5. The molecule has 5 aromatic carbocycles. The highest BCUT2D eigenvalue weighted by Gasteiger charge is 2.19. The van der Waals surface area contributed by atoms with Crippen LogP contribution in [0, 0.1) is 18.7 Å². The molecule has 0 unspecified atom stereocenters. The van der Waals surface area contributed by atoms with Crippen LogP contribution in [0.4, 0.5) is 4.39 Å². The van der Waals surface area contributed by atoms with Gasteiger partial charge in [0.25, 0.3) is 0 Å². The van der Waals surface area contributed by atoms with Gasteiger partial charge in [0.05, 0.1) is 83.0 Å². The number of aryl methyl sites for hydroxylation is 1. The maximum Gasteiger partial charge on any atom is 0.141 e. The van der Waals surface area contributed by atoms with Crippen LogP contribution < -0.4 is 19.9 Å². The van der Waals surface area contributed by atoms with Gasteiger partial charge in [0.15, 0.2) is 0 Å². The molecule has 6 N–H and O–H groups in total. The summed E-state index contributed by atoms with van der Waals surface area (Å²) in [5, 5.41) is 30.0. The van der Waals surface area contributed by atoms with Gasteiger partial charge in [-0.3, -0.25) is 25.4 Å². The number of halogens is 3. The van der Waals surface area contributed by atoms with E-state index in [4.69, 9.17) is 47.9 Å². The summed E-state index contributed by atoms with van der Waals surface area (Å²) >= 11 is 12.2. The van der Waals surface area contributed by atoms with Crippen LogP contribution in [0.15, 0.2) is 144 Å². The van der Waals surface area contributed by atoms with Gasteiger partial charge in [-0.2, -0.15) is 20.4 Å². The van der Waals surface area contributed by atoms with Crippen LogP contribution in [0.5, 0.6) is 17.2 Å². The van der Waals surface area contributed by atoms with Crippen LogP contribution in [0.2, 0.25) is 10.0 Å². The molecule has 0 amide bonds. The Balaban J connectivity index is 0.000000206. The van der Waals surface area contributed by atoms with E-state index in [0.29, 0.717) is 43.1 Å². The first-order valence-corrected chi connectivity index (χ1v) is 37.8. The Hall–Kier alpha value is -8.02. The molecule has 0 bridgehead atoms. The molecule has 22 heteroatoms. The van der Waals surface area contributed by atoms with Crippen molar-refractivity contribution >= 4 is 28.9 Å². The predicted octanol–water partition coefficient (Wildman–Crippen LogP) is 17.1. The molecule has 10 rings (SSSR count). The number of aromatic nitrogens is 8. The second kappa shape index (κ2) is 46.1. The number of benzene rings is 5. The number of nitrogens with two attached hydrogens (primary N) is 1. The molecule has 105 heavy (non-hydrogen) atoms. The van der Waals surface area contributed by atoms with Gasteiger partial charge in [0, 0.05) is 103 Å². The summed E-state index contributed by atoms with van der Waals surface area (Å²) in [6.07, 6.45) is 13.7. The molecule has 0 fully saturated rings. The van der Waals surface area contributed by atoms with E-state index in [-0.39, 0.29) is 11.1 Å². The lowest BCUT2D eigenvalue weighted by atomic mass is 9.99. The van der Waals surface area contributed by atoms with Gasteiger partial charge in [-0.15, -0.1) is 0 Å². The molecule has 0 radical (unpaired) electrons. The minimum absolute atomic E-state index is 0.105. The average molecular weight is 1480 g/mol. The van der Waals surface area contributed by atoms with Crippen molar-refractivity contribution in [1.82, 2.24) is 65.3 Å². The highest BCUT2D eigenvalue weighted by atomic mass is 35.5. The Bertz CT molecular complexity index is 3980. The third-order valence-corrected chi connectivity index (χ3v) is 17.6. The zero-order valence-corrected chi connectivity index (χ0v) is 66.8. The number of ether oxygens (including phenoxy) is 4. The molecule has 1 aliphatic heterocycles. The van der Waals surface area contributed by atoms with Crippen molar-refractivity contribution in [3.63, 3.8) is 0 Å². The van der Waals surface area contributed by atoms with Gasteiger partial charge < -0.3 is 49.2 Å². The van der Waals surface area contributed by atoms with Gasteiger partial charge >= 0.3 is 0 Å².